The molecule has 0 spiro atoms. The molecular weight excluding hydrogens is 288 g/mol. The minimum absolute atomic E-state index is 0.215. The van der Waals surface area contributed by atoms with Gasteiger partial charge in [-0.3, -0.25) is 4.79 Å². The van der Waals surface area contributed by atoms with E-state index >= 15 is 0 Å². The largest absolute Gasteiger partial charge is 0.367 e. The van der Waals surface area contributed by atoms with Gasteiger partial charge in [0.05, 0.1) is 11.3 Å². The lowest BCUT2D eigenvalue weighted by Gasteiger charge is -2.29. The highest BCUT2D eigenvalue weighted by atomic mass is 19.1. The number of anilines is 1. The molecule has 0 unspecified atom stereocenters. The molecule has 4 nitrogen and oxygen atoms in total. The number of piperazine rings is 1. The molecule has 1 fully saturated rings. The third-order valence-corrected chi connectivity index (χ3v) is 3.08. The van der Waals surface area contributed by atoms with Gasteiger partial charge in [-0.05, 0) is 13.0 Å². The summed E-state index contributed by atoms with van der Waals surface area (Å²) < 4.78 is 27.9. The molecule has 0 atom stereocenters. The second-order valence-corrected chi connectivity index (χ2v) is 5.09. The number of carbonyl (C=O) groups excluding carboxylic acids is 1. The van der Waals surface area contributed by atoms with E-state index in [-0.39, 0.29) is 11.3 Å². The Morgan fingerprint density at radius 1 is 1.18 bits per heavy atom. The number of hydrogen-bond donors (Lipinski definition) is 2. The summed E-state index contributed by atoms with van der Waals surface area (Å²) in [5, 5.41) is 5.60. The molecule has 1 aliphatic heterocycles. The van der Waals surface area contributed by atoms with E-state index in [9.17, 15) is 13.6 Å². The predicted molar refractivity (Wildman–Crippen MR) is 85.4 cm³/mol. The van der Waals surface area contributed by atoms with Gasteiger partial charge >= 0.3 is 0 Å². The van der Waals surface area contributed by atoms with Crippen molar-refractivity contribution in [1.82, 2.24) is 10.6 Å². The molecule has 0 aliphatic carbocycles. The lowest BCUT2D eigenvalue weighted by molar-refractivity contribution is 0.0951. The van der Waals surface area contributed by atoms with Gasteiger partial charge in [0.1, 0.15) is 11.6 Å². The van der Waals surface area contributed by atoms with Crippen LogP contribution in [0.25, 0.3) is 0 Å². The van der Waals surface area contributed by atoms with Gasteiger partial charge in [0.25, 0.3) is 5.91 Å². The first-order chi connectivity index (χ1) is 10.5. The predicted octanol–water partition coefficient (Wildman–Crippen LogP) is 2.54. The van der Waals surface area contributed by atoms with E-state index in [1.807, 2.05) is 0 Å². The zero-order valence-corrected chi connectivity index (χ0v) is 13.5. The molecule has 2 N–H and O–H groups in total. The third-order valence-electron chi connectivity index (χ3n) is 3.08. The second-order valence-electron chi connectivity index (χ2n) is 5.09. The van der Waals surface area contributed by atoms with Crippen LogP contribution in [0.15, 0.2) is 12.1 Å². The summed E-state index contributed by atoms with van der Waals surface area (Å²) in [5.41, 5.74) is -0.0368. The van der Waals surface area contributed by atoms with Crippen molar-refractivity contribution in [2.45, 2.75) is 27.2 Å². The first-order valence-corrected chi connectivity index (χ1v) is 7.77. The maximum Gasteiger partial charge on any atom is 0.254 e. The summed E-state index contributed by atoms with van der Waals surface area (Å²) >= 11 is 0. The van der Waals surface area contributed by atoms with Gasteiger partial charge in [0.15, 0.2) is 0 Å². The first-order valence-electron chi connectivity index (χ1n) is 7.77. The lowest BCUT2D eigenvalue weighted by atomic mass is 10.1. The summed E-state index contributed by atoms with van der Waals surface area (Å²) in [6, 6.07) is 2.07. The number of hydrogen-bond acceptors (Lipinski definition) is 3. The van der Waals surface area contributed by atoms with E-state index in [4.69, 9.17) is 0 Å². The number of carbonyl (C=O) groups is 1. The van der Waals surface area contributed by atoms with Crippen LogP contribution in [-0.2, 0) is 0 Å². The third kappa shape index (κ3) is 4.94. The van der Waals surface area contributed by atoms with E-state index in [2.05, 4.69) is 24.5 Å². The maximum atomic E-state index is 14.0. The number of amides is 1. The summed E-state index contributed by atoms with van der Waals surface area (Å²) in [5.74, 6) is -1.85. The van der Waals surface area contributed by atoms with Crippen LogP contribution in [0, 0.1) is 11.6 Å². The van der Waals surface area contributed by atoms with E-state index < -0.39 is 17.5 Å². The Bertz CT molecular complexity index is 489. The van der Waals surface area contributed by atoms with Crippen LogP contribution in [0.5, 0.6) is 0 Å². The van der Waals surface area contributed by atoms with Crippen LogP contribution in [0.4, 0.5) is 14.5 Å². The van der Waals surface area contributed by atoms with Gasteiger partial charge in [-0.25, -0.2) is 8.78 Å². The molecule has 2 rings (SSSR count). The van der Waals surface area contributed by atoms with Crippen molar-refractivity contribution in [3.8, 4) is 0 Å². The zero-order chi connectivity index (χ0) is 16.5. The van der Waals surface area contributed by atoms with E-state index in [0.717, 1.165) is 25.2 Å². The van der Waals surface area contributed by atoms with E-state index in [0.29, 0.717) is 19.6 Å². The van der Waals surface area contributed by atoms with E-state index in [1.54, 1.807) is 11.8 Å². The number of nitrogens with zero attached hydrogens (tertiary/aromatic N) is 1. The van der Waals surface area contributed by atoms with Crippen molar-refractivity contribution < 1.29 is 13.6 Å². The van der Waals surface area contributed by atoms with Crippen LogP contribution in [0.3, 0.4) is 0 Å². The van der Waals surface area contributed by atoms with E-state index in [1.165, 1.54) is 6.42 Å². The average Bonchev–Trinajstić information content (AvgIpc) is 2.51. The molecule has 0 radical (unpaired) electrons. The Morgan fingerprint density at radius 2 is 1.77 bits per heavy atom. The molecule has 1 aromatic rings. The van der Waals surface area contributed by atoms with Gasteiger partial charge in [-0.1, -0.05) is 20.3 Å². The molecule has 0 aromatic heterocycles. The van der Waals surface area contributed by atoms with Gasteiger partial charge in [-0.2, -0.15) is 0 Å². The minimum atomic E-state index is -0.694. The Labute approximate surface area is 130 Å². The SMILES string of the molecule is CCC.CCNC(=O)c1cc(F)c(N2CCNCC2)cc1F. The summed E-state index contributed by atoms with van der Waals surface area (Å²) in [6.45, 7) is 9.06. The molecule has 1 saturated heterocycles. The number of nitrogens with one attached hydrogen (secondary N) is 2. The van der Waals surface area contributed by atoms with Gasteiger partial charge < -0.3 is 15.5 Å². The molecule has 22 heavy (non-hydrogen) atoms. The standard InChI is InChI=1S/C13H17F2N3O.C3H8/c1-2-17-13(19)9-7-11(15)12(8-10(9)14)18-5-3-16-4-6-18;1-3-2/h7-8,16H,2-6H2,1H3,(H,17,19);3H2,1-2H3. The monoisotopic (exact) mass is 313 g/mol. The average molecular weight is 313 g/mol. The van der Waals surface area contributed by atoms with Crippen LogP contribution < -0.4 is 15.5 Å². The molecule has 0 saturated carbocycles. The van der Waals surface area contributed by atoms with Crippen LogP contribution in [-0.4, -0.2) is 38.6 Å². The Kier molecular flexibility index (Phi) is 7.80. The van der Waals surface area contributed by atoms with Crippen LogP contribution in [0.2, 0.25) is 0 Å². The van der Waals surface area contributed by atoms with Crippen molar-refractivity contribution >= 4 is 11.6 Å². The maximum absolute atomic E-state index is 14.0. The van der Waals surface area contributed by atoms with Gasteiger partial charge in [0.2, 0.25) is 0 Å². The molecule has 1 aromatic carbocycles. The van der Waals surface area contributed by atoms with Crippen molar-refractivity contribution in [3.63, 3.8) is 0 Å². The van der Waals surface area contributed by atoms with Crippen LogP contribution in [0.1, 0.15) is 37.6 Å². The Balaban J connectivity index is 0.000000745. The first kappa shape index (κ1) is 18.4. The normalized spacial score (nSPS) is 14.1. The second kappa shape index (κ2) is 9.35. The Morgan fingerprint density at radius 3 is 2.32 bits per heavy atom. The zero-order valence-electron chi connectivity index (χ0n) is 13.5. The van der Waals surface area contributed by atoms with Crippen molar-refractivity contribution in [3.05, 3.63) is 29.3 Å². The molecule has 1 aliphatic rings. The quantitative estimate of drug-likeness (QED) is 0.901. The van der Waals surface area contributed by atoms with Crippen molar-refractivity contribution in [2.75, 3.05) is 37.6 Å². The van der Waals surface area contributed by atoms with Crippen LogP contribution >= 0.6 is 0 Å². The Hall–Kier alpha value is -1.69. The van der Waals surface area contributed by atoms with Crippen molar-refractivity contribution in [1.29, 1.82) is 0 Å². The number of rotatable bonds is 3. The molecule has 0 bridgehead atoms. The van der Waals surface area contributed by atoms with Crippen molar-refractivity contribution in [2.24, 2.45) is 0 Å². The molecule has 1 amide bonds. The highest BCUT2D eigenvalue weighted by molar-refractivity contribution is 5.94. The highest BCUT2D eigenvalue weighted by Crippen LogP contribution is 2.23. The minimum Gasteiger partial charge on any atom is -0.367 e. The summed E-state index contributed by atoms with van der Waals surface area (Å²) in [6.07, 6.45) is 1.25. The fraction of sp³-hybridized carbons (Fsp3) is 0.562. The fourth-order valence-corrected chi connectivity index (χ4v) is 2.11. The number of halogens is 2. The lowest BCUT2D eigenvalue weighted by Crippen LogP contribution is -2.44. The topological polar surface area (TPSA) is 44.4 Å². The highest BCUT2D eigenvalue weighted by Gasteiger charge is 2.20. The molecule has 124 valence electrons. The van der Waals surface area contributed by atoms with Gasteiger partial charge in [0, 0.05) is 38.8 Å². The molecule has 6 heteroatoms. The smallest absolute Gasteiger partial charge is 0.254 e. The van der Waals surface area contributed by atoms with Gasteiger partial charge in [-0.15, -0.1) is 0 Å². The number of benzene rings is 1. The molecule has 1 heterocycles. The fourth-order valence-electron chi connectivity index (χ4n) is 2.11. The summed E-state index contributed by atoms with van der Waals surface area (Å²) in [4.78, 5) is 13.3. The summed E-state index contributed by atoms with van der Waals surface area (Å²) in [7, 11) is 0. The molecular formula is C16H25F2N3O.